The number of likely N-dealkylation sites (tertiary alicyclic amines) is 1. The van der Waals surface area contributed by atoms with Crippen LogP contribution >= 0.6 is 0 Å². The van der Waals surface area contributed by atoms with Gasteiger partial charge < -0.3 is 15.0 Å². The molecular formula is C25H28FN3O4. The molecular weight excluding hydrogens is 425 g/mol. The highest BCUT2D eigenvalue weighted by atomic mass is 19.1. The molecule has 33 heavy (non-hydrogen) atoms. The summed E-state index contributed by atoms with van der Waals surface area (Å²) < 4.78 is 19.0. The Bertz CT molecular complexity index is 1020. The molecule has 0 unspecified atom stereocenters. The summed E-state index contributed by atoms with van der Waals surface area (Å²) in [6, 6.07) is 12.0. The second-order valence-electron chi connectivity index (χ2n) is 8.80. The Balaban J connectivity index is 1.60. The van der Waals surface area contributed by atoms with Gasteiger partial charge in [0.25, 0.3) is 0 Å². The van der Waals surface area contributed by atoms with E-state index in [0.29, 0.717) is 29.9 Å². The van der Waals surface area contributed by atoms with Crippen molar-refractivity contribution in [2.45, 2.75) is 45.4 Å². The van der Waals surface area contributed by atoms with Gasteiger partial charge in [0, 0.05) is 24.7 Å². The number of hydrogen-bond acceptors (Lipinski definition) is 4. The van der Waals surface area contributed by atoms with Gasteiger partial charge in [-0.1, -0.05) is 38.1 Å². The van der Waals surface area contributed by atoms with Crippen molar-refractivity contribution in [1.82, 2.24) is 9.80 Å². The molecule has 2 aliphatic rings. The van der Waals surface area contributed by atoms with Gasteiger partial charge >= 0.3 is 6.09 Å². The number of hydrogen-bond donors (Lipinski definition) is 1. The van der Waals surface area contributed by atoms with Crippen molar-refractivity contribution in [3.05, 3.63) is 65.5 Å². The van der Waals surface area contributed by atoms with Crippen molar-refractivity contribution in [1.29, 1.82) is 0 Å². The summed E-state index contributed by atoms with van der Waals surface area (Å²) in [5.74, 6) is -0.761. The van der Waals surface area contributed by atoms with Crippen molar-refractivity contribution in [2.24, 2.45) is 5.92 Å². The molecule has 3 amide bonds. The van der Waals surface area contributed by atoms with Crippen LogP contribution in [0.2, 0.25) is 0 Å². The predicted octanol–water partition coefficient (Wildman–Crippen LogP) is 4.10. The first-order chi connectivity index (χ1) is 15.8. The Kier molecular flexibility index (Phi) is 6.62. The zero-order chi connectivity index (χ0) is 23.5. The van der Waals surface area contributed by atoms with E-state index in [2.05, 4.69) is 5.32 Å². The van der Waals surface area contributed by atoms with E-state index in [1.165, 1.54) is 17.0 Å². The number of ether oxygens (including phenoxy) is 1. The molecule has 2 fully saturated rings. The molecule has 0 bridgehead atoms. The van der Waals surface area contributed by atoms with E-state index in [4.69, 9.17) is 4.74 Å². The third-order valence-corrected chi connectivity index (χ3v) is 6.05. The zero-order valence-electron chi connectivity index (χ0n) is 18.8. The van der Waals surface area contributed by atoms with Crippen molar-refractivity contribution in [3.63, 3.8) is 0 Å². The smallest absolute Gasteiger partial charge is 0.411 e. The highest BCUT2D eigenvalue weighted by Gasteiger charge is 2.48. The van der Waals surface area contributed by atoms with Gasteiger partial charge in [-0.15, -0.1) is 0 Å². The van der Waals surface area contributed by atoms with Crippen LogP contribution in [0.1, 0.15) is 43.9 Å². The Morgan fingerprint density at radius 2 is 1.70 bits per heavy atom. The molecule has 7 nitrogen and oxygen atoms in total. The first-order valence-corrected chi connectivity index (χ1v) is 11.2. The first-order valence-electron chi connectivity index (χ1n) is 11.2. The van der Waals surface area contributed by atoms with Gasteiger partial charge in [-0.2, -0.15) is 0 Å². The second kappa shape index (κ2) is 9.60. The number of nitrogens with zero attached hydrogens (tertiary/aromatic N) is 2. The summed E-state index contributed by atoms with van der Waals surface area (Å²) in [6.07, 6.45) is 0.500. The molecule has 2 atom stereocenters. The molecule has 1 N–H and O–H groups in total. The molecule has 174 valence electrons. The third-order valence-electron chi connectivity index (χ3n) is 6.05. The van der Waals surface area contributed by atoms with E-state index < -0.39 is 18.2 Å². The number of halogens is 1. The molecule has 0 aromatic heterocycles. The minimum absolute atomic E-state index is 0.0948. The Morgan fingerprint density at radius 1 is 1.06 bits per heavy atom. The molecule has 2 aromatic carbocycles. The number of carbonyl (C=O) groups is 3. The number of rotatable bonds is 6. The van der Waals surface area contributed by atoms with Gasteiger partial charge in [0.15, 0.2) is 12.1 Å². The topological polar surface area (TPSA) is 79.0 Å². The van der Waals surface area contributed by atoms with E-state index in [1.807, 2.05) is 13.8 Å². The average Bonchev–Trinajstić information content (AvgIpc) is 3.44. The summed E-state index contributed by atoms with van der Waals surface area (Å²) in [7, 11) is 0. The molecule has 2 heterocycles. The van der Waals surface area contributed by atoms with Crippen LogP contribution in [0.5, 0.6) is 0 Å². The lowest BCUT2D eigenvalue weighted by Crippen LogP contribution is -2.47. The highest BCUT2D eigenvalue weighted by molar-refractivity contribution is 5.92. The van der Waals surface area contributed by atoms with E-state index in [1.54, 1.807) is 41.3 Å². The van der Waals surface area contributed by atoms with Crippen LogP contribution in [-0.2, 0) is 20.9 Å². The van der Waals surface area contributed by atoms with Crippen molar-refractivity contribution in [2.75, 3.05) is 18.4 Å². The number of cyclic esters (lactones) is 1. The quantitative estimate of drug-likeness (QED) is 0.714. The summed E-state index contributed by atoms with van der Waals surface area (Å²) in [6.45, 7) is 5.07. The van der Waals surface area contributed by atoms with Crippen molar-refractivity contribution < 1.29 is 23.5 Å². The molecule has 0 radical (unpaired) electrons. The van der Waals surface area contributed by atoms with Crippen LogP contribution < -0.4 is 5.32 Å². The number of benzene rings is 2. The van der Waals surface area contributed by atoms with E-state index in [0.717, 1.165) is 12.8 Å². The fraction of sp³-hybridized carbons (Fsp3) is 0.400. The van der Waals surface area contributed by atoms with Crippen LogP contribution in [0.3, 0.4) is 0 Å². The molecule has 0 saturated carbocycles. The number of nitrogens with one attached hydrogen (secondary N) is 1. The van der Waals surface area contributed by atoms with E-state index >= 15 is 0 Å². The molecule has 2 aromatic rings. The number of amides is 3. The summed E-state index contributed by atoms with van der Waals surface area (Å²) in [5, 5.41) is 2.83. The van der Waals surface area contributed by atoms with Crippen molar-refractivity contribution in [3.8, 4) is 0 Å². The fourth-order valence-electron chi connectivity index (χ4n) is 4.15. The largest absolute Gasteiger partial charge is 0.438 e. The molecule has 2 aliphatic heterocycles. The fourth-order valence-corrected chi connectivity index (χ4v) is 4.15. The lowest BCUT2D eigenvalue weighted by molar-refractivity contribution is -0.135. The van der Waals surface area contributed by atoms with Gasteiger partial charge in [0.05, 0.1) is 6.54 Å². The zero-order valence-corrected chi connectivity index (χ0v) is 18.8. The van der Waals surface area contributed by atoms with Crippen LogP contribution in [0.4, 0.5) is 14.9 Å². The summed E-state index contributed by atoms with van der Waals surface area (Å²) >= 11 is 0. The summed E-state index contributed by atoms with van der Waals surface area (Å²) in [4.78, 5) is 41.5. The minimum atomic E-state index is -0.822. The van der Waals surface area contributed by atoms with Gasteiger partial charge in [0.2, 0.25) is 11.8 Å². The van der Waals surface area contributed by atoms with Crippen LogP contribution in [0, 0.1) is 11.7 Å². The SMILES string of the molecule is CC(C)C(=O)Nc1ccc([C@@H]2OC(=O)N(Cc3ccc(F)cc3)[C@H]2C(=O)N2CCCC2)cc1. The maximum atomic E-state index is 13.5. The highest BCUT2D eigenvalue weighted by Crippen LogP contribution is 2.36. The van der Waals surface area contributed by atoms with Crippen LogP contribution in [0.25, 0.3) is 0 Å². The van der Waals surface area contributed by atoms with Gasteiger partial charge in [-0.25, -0.2) is 9.18 Å². The standard InChI is InChI=1S/C25H28FN3O4/c1-16(2)23(30)27-20-11-7-18(8-12-20)22-21(24(31)28-13-3-4-14-28)29(25(32)33-22)15-17-5-9-19(26)10-6-17/h5-12,16,21-22H,3-4,13-15H2,1-2H3,(H,27,30)/t21-,22+/m1/s1. The normalized spacial score (nSPS) is 20.3. The average molecular weight is 454 g/mol. The molecule has 0 spiro atoms. The maximum absolute atomic E-state index is 13.5. The molecule has 0 aliphatic carbocycles. The molecule has 4 rings (SSSR count). The Hall–Kier alpha value is -3.42. The third kappa shape index (κ3) is 4.99. The monoisotopic (exact) mass is 453 g/mol. The van der Waals surface area contributed by atoms with E-state index in [9.17, 15) is 18.8 Å². The summed E-state index contributed by atoms with van der Waals surface area (Å²) in [5.41, 5.74) is 2.01. The van der Waals surface area contributed by atoms with Crippen LogP contribution in [-0.4, -0.2) is 46.8 Å². The van der Waals surface area contributed by atoms with Gasteiger partial charge in [-0.05, 0) is 48.2 Å². The van der Waals surface area contributed by atoms with E-state index in [-0.39, 0.29) is 30.1 Å². The van der Waals surface area contributed by atoms with Crippen LogP contribution in [0.15, 0.2) is 48.5 Å². The Morgan fingerprint density at radius 3 is 2.30 bits per heavy atom. The lowest BCUT2D eigenvalue weighted by atomic mass is 9.99. The maximum Gasteiger partial charge on any atom is 0.411 e. The van der Waals surface area contributed by atoms with Gasteiger partial charge in [0.1, 0.15) is 5.82 Å². The van der Waals surface area contributed by atoms with Crippen molar-refractivity contribution >= 4 is 23.6 Å². The second-order valence-corrected chi connectivity index (χ2v) is 8.80. The minimum Gasteiger partial charge on any atom is -0.438 e. The first kappa shape index (κ1) is 22.8. The number of anilines is 1. The molecule has 8 heteroatoms. The molecule has 2 saturated heterocycles. The predicted molar refractivity (Wildman–Crippen MR) is 121 cm³/mol. The lowest BCUT2D eigenvalue weighted by Gasteiger charge is -2.28. The van der Waals surface area contributed by atoms with Gasteiger partial charge in [-0.3, -0.25) is 14.5 Å². The number of carbonyl (C=O) groups excluding carboxylic acids is 3. The Labute approximate surface area is 192 Å².